The van der Waals surface area contributed by atoms with Crippen LogP contribution in [0.3, 0.4) is 0 Å². The lowest BCUT2D eigenvalue weighted by Crippen LogP contribution is -2.32. The summed E-state index contributed by atoms with van der Waals surface area (Å²) in [5, 5.41) is 1.60. The van der Waals surface area contributed by atoms with Gasteiger partial charge in [0.25, 0.3) is 11.1 Å². The number of carbonyl (C=O) groups excluding carboxylic acids is 2. The summed E-state index contributed by atoms with van der Waals surface area (Å²) in [5.74, 6) is 0.352. The molecule has 38 heavy (non-hydrogen) atoms. The van der Waals surface area contributed by atoms with Crippen molar-refractivity contribution in [1.29, 1.82) is 0 Å². The molecule has 0 aliphatic carbocycles. The standard InChI is InChI=1S/C29H23NO6S2/c1-20-12-14-24(15-13-20)38(33,34)36-23-9-4-6-21(18-23)19-27-28(31)30(29(32)37-27)16-17-35-26-11-5-8-22-7-2-3-10-25(22)26/h2-15,18-19H,16-17H2,1H3/b27-19-. The number of nitrogens with zero attached hydrogens (tertiary/aromatic N) is 1. The van der Waals surface area contributed by atoms with Crippen LogP contribution in [-0.4, -0.2) is 37.6 Å². The van der Waals surface area contributed by atoms with Gasteiger partial charge in [-0.15, -0.1) is 0 Å². The molecule has 0 spiro atoms. The van der Waals surface area contributed by atoms with E-state index in [1.165, 1.54) is 24.3 Å². The lowest BCUT2D eigenvalue weighted by molar-refractivity contribution is -0.123. The highest BCUT2D eigenvalue weighted by Gasteiger charge is 2.34. The third kappa shape index (κ3) is 5.58. The summed E-state index contributed by atoms with van der Waals surface area (Å²) in [5.41, 5.74) is 1.46. The monoisotopic (exact) mass is 545 g/mol. The molecular formula is C29H23NO6S2. The summed E-state index contributed by atoms with van der Waals surface area (Å²) in [6.45, 7) is 2.11. The van der Waals surface area contributed by atoms with Crippen molar-refractivity contribution in [3.05, 3.63) is 107 Å². The van der Waals surface area contributed by atoms with E-state index in [1.54, 1.807) is 30.3 Å². The SMILES string of the molecule is Cc1ccc(S(=O)(=O)Oc2cccc(/C=C3\SC(=O)N(CCOc4cccc5ccccc45)C3=O)c2)cc1. The number of aryl methyl sites for hydroxylation is 1. The lowest BCUT2D eigenvalue weighted by Gasteiger charge is -2.14. The van der Waals surface area contributed by atoms with E-state index in [0.717, 1.165) is 33.0 Å². The number of thioether (sulfide) groups is 1. The predicted molar refractivity (Wildman–Crippen MR) is 148 cm³/mol. The summed E-state index contributed by atoms with van der Waals surface area (Å²) < 4.78 is 36.4. The van der Waals surface area contributed by atoms with Crippen molar-refractivity contribution in [1.82, 2.24) is 4.90 Å². The van der Waals surface area contributed by atoms with Crippen LogP contribution in [0.2, 0.25) is 0 Å². The van der Waals surface area contributed by atoms with Gasteiger partial charge in [0.15, 0.2) is 0 Å². The highest BCUT2D eigenvalue weighted by atomic mass is 32.2. The topological polar surface area (TPSA) is 90.0 Å². The molecule has 1 fully saturated rings. The number of hydrogen-bond donors (Lipinski definition) is 0. The molecule has 7 nitrogen and oxygen atoms in total. The van der Waals surface area contributed by atoms with Crippen molar-refractivity contribution >= 4 is 49.9 Å². The van der Waals surface area contributed by atoms with E-state index in [9.17, 15) is 18.0 Å². The number of rotatable bonds is 8. The molecule has 192 valence electrons. The summed E-state index contributed by atoms with van der Waals surface area (Å²) in [6, 6.07) is 26.2. The fourth-order valence-electron chi connectivity index (χ4n) is 3.95. The second-order valence-corrected chi connectivity index (χ2v) is 11.1. The van der Waals surface area contributed by atoms with Gasteiger partial charge in [0.1, 0.15) is 23.0 Å². The predicted octanol–water partition coefficient (Wildman–Crippen LogP) is 6.03. The van der Waals surface area contributed by atoms with Crippen LogP contribution in [0.1, 0.15) is 11.1 Å². The number of ether oxygens (including phenoxy) is 1. The van der Waals surface area contributed by atoms with Crippen molar-refractivity contribution in [3.8, 4) is 11.5 Å². The molecular weight excluding hydrogens is 522 g/mol. The van der Waals surface area contributed by atoms with Gasteiger partial charge in [-0.1, -0.05) is 66.2 Å². The quantitative estimate of drug-likeness (QED) is 0.197. The van der Waals surface area contributed by atoms with Crippen LogP contribution in [-0.2, 0) is 14.9 Å². The minimum absolute atomic E-state index is 0.0420. The maximum atomic E-state index is 12.9. The zero-order valence-corrected chi connectivity index (χ0v) is 22.0. The van der Waals surface area contributed by atoms with Crippen LogP contribution < -0.4 is 8.92 Å². The first-order valence-corrected chi connectivity index (χ1v) is 14.0. The Labute approximate surface area is 224 Å². The normalized spacial score (nSPS) is 14.9. The fourth-order valence-corrected chi connectivity index (χ4v) is 5.74. The van der Waals surface area contributed by atoms with Gasteiger partial charge in [-0.05, 0) is 66.0 Å². The Bertz CT molecular complexity index is 1660. The molecule has 1 aliphatic heterocycles. The first-order chi connectivity index (χ1) is 18.3. The number of hydrogen-bond acceptors (Lipinski definition) is 7. The Morgan fingerprint density at radius 1 is 0.895 bits per heavy atom. The van der Waals surface area contributed by atoms with Crippen LogP contribution >= 0.6 is 11.8 Å². The average molecular weight is 546 g/mol. The smallest absolute Gasteiger partial charge is 0.339 e. The molecule has 4 aromatic rings. The Hall–Kier alpha value is -4.08. The van der Waals surface area contributed by atoms with E-state index in [4.69, 9.17) is 8.92 Å². The fraction of sp³-hybridized carbons (Fsp3) is 0.103. The molecule has 0 unspecified atom stereocenters. The molecule has 5 rings (SSSR count). The van der Waals surface area contributed by atoms with Gasteiger partial charge >= 0.3 is 10.1 Å². The molecule has 0 N–H and O–H groups in total. The zero-order chi connectivity index (χ0) is 26.7. The van der Waals surface area contributed by atoms with Gasteiger partial charge in [-0.25, -0.2) is 0 Å². The molecule has 4 aromatic carbocycles. The van der Waals surface area contributed by atoms with Crippen LogP contribution in [0, 0.1) is 6.92 Å². The Morgan fingerprint density at radius 2 is 1.63 bits per heavy atom. The highest BCUT2D eigenvalue weighted by Crippen LogP contribution is 2.33. The van der Waals surface area contributed by atoms with Crippen molar-refractivity contribution in [2.24, 2.45) is 0 Å². The van der Waals surface area contributed by atoms with E-state index in [2.05, 4.69) is 0 Å². The second kappa shape index (κ2) is 10.7. The Kier molecular flexibility index (Phi) is 7.22. The van der Waals surface area contributed by atoms with Crippen molar-refractivity contribution in [2.75, 3.05) is 13.2 Å². The molecule has 0 atom stereocenters. The van der Waals surface area contributed by atoms with E-state index >= 15 is 0 Å². The van der Waals surface area contributed by atoms with Crippen LogP contribution in [0.25, 0.3) is 16.8 Å². The molecule has 0 radical (unpaired) electrons. The molecule has 2 amide bonds. The number of amides is 2. The summed E-state index contributed by atoms with van der Waals surface area (Å²) in [7, 11) is -4.02. The van der Waals surface area contributed by atoms with Gasteiger partial charge in [-0.3, -0.25) is 14.5 Å². The van der Waals surface area contributed by atoms with Gasteiger partial charge in [0.05, 0.1) is 11.4 Å². The molecule has 1 heterocycles. The Balaban J connectivity index is 1.25. The van der Waals surface area contributed by atoms with Crippen molar-refractivity contribution < 1.29 is 26.9 Å². The van der Waals surface area contributed by atoms with E-state index in [1.807, 2.05) is 49.4 Å². The summed E-state index contributed by atoms with van der Waals surface area (Å²) in [4.78, 5) is 26.9. The van der Waals surface area contributed by atoms with E-state index < -0.39 is 21.3 Å². The minimum Gasteiger partial charge on any atom is -0.491 e. The number of fused-ring (bicyclic) bond motifs is 1. The van der Waals surface area contributed by atoms with E-state index in [0.29, 0.717) is 11.3 Å². The molecule has 1 aliphatic rings. The van der Waals surface area contributed by atoms with Crippen LogP contribution in [0.4, 0.5) is 4.79 Å². The van der Waals surface area contributed by atoms with Crippen molar-refractivity contribution in [3.63, 3.8) is 0 Å². The third-order valence-electron chi connectivity index (χ3n) is 5.87. The van der Waals surface area contributed by atoms with Gasteiger partial charge < -0.3 is 8.92 Å². The highest BCUT2D eigenvalue weighted by molar-refractivity contribution is 8.18. The number of benzene rings is 4. The van der Waals surface area contributed by atoms with Crippen molar-refractivity contribution in [2.45, 2.75) is 11.8 Å². The maximum Gasteiger partial charge on any atom is 0.339 e. The molecule has 0 bridgehead atoms. The minimum atomic E-state index is -4.02. The molecule has 0 aromatic heterocycles. The Morgan fingerprint density at radius 3 is 2.45 bits per heavy atom. The zero-order valence-electron chi connectivity index (χ0n) is 20.4. The largest absolute Gasteiger partial charge is 0.491 e. The first kappa shape index (κ1) is 25.6. The first-order valence-electron chi connectivity index (χ1n) is 11.8. The average Bonchev–Trinajstić information content (AvgIpc) is 3.16. The molecule has 0 saturated carbocycles. The third-order valence-corrected chi connectivity index (χ3v) is 8.04. The number of imide groups is 1. The second-order valence-electron chi connectivity index (χ2n) is 8.58. The van der Waals surface area contributed by atoms with E-state index in [-0.39, 0.29) is 28.7 Å². The van der Waals surface area contributed by atoms with Crippen LogP contribution in [0.15, 0.2) is 101 Å². The summed E-state index contributed by atoms with van der Waals surface area (Å²) in [6.07, 6.45) is 1.54. The molecule has 9 heteroatoms. The van der Waals surface area contributed by atoms with Gasteiger partial charge in [-0.2, -0.15) is 8.42 Å². The maximum absolute atomic E-state index is 12.9. The van der Waals surface area contributed by atoms with Crippen LogP contribution in [0.5, 0.6) is 11.5 Å². The number of carbonyl (C=O) groups is 2. The lowest BCUT2D eigenvalue weighted by atomic mass is 10.1. The summed E-state index contributed by atoms with van der Waals surface area (Å²) >= 11 is 0.827. The van der Waals surface area contributed by atoms with Gasteiger partial charge in [0.2, 0.25) is 0 Å². The molecule has 1 saturated heterocycles. The van der Waals surface area contributed by atoms with Gasteiger partial charge in [0, 0.05) is 5.39 Å².